The predicted octanol–water partition coefficient (Wildman–Crippen LogP) is 3.98. The van der Waals surface area contributed by atoms with Crippen LogP contribution in [-0.4, -0.2) is 46.9 Å². The first kappa shape index (κ1) is 27.0. The topological polar surface area (TPSA) is 114 Å². The monoisotopic (exact) mass is 564 g/mol. The molecule has 0 saturated carbocycles. The van der Waals surface area contributed by atoms with E-state index in [0.29, 0.717) is 35.8 Å². The largest absolute Gasteiger partial charge is 0.444 e. The number of amides is 1. The second kappa shape index (κ2) is 11.5. The van der Waals surface area contributed by atoms with Gasteiger partial charge < -0.3 is 25.2 Å². The van der Waals surface area contributed by atoms with Crippen LogP contribution in [0.15, 0.2) is 33.8 Å². The summed E-state index contributed by atoms with van der Waals surface area (Å²) in [6.45, 7) is 9.94. The van der Waals surface area contributed by atoms with Crippen LogP contribution in [0.1, 0.15) is 40.5 Å². The maximum absolute atomic E-state index is 12.0. The molecule has 1 aromatic carbocycles. The van der Waals surface area contributed by atoms with Gasteiger partial charge in [0.1, 0.15) is 5.60 Å². The lowest BCUT2D eigenvalue weighted by Gasteiger charge is -2.29. The quantitative estimate of drug-likeness (QED) is 0.276. The van der Waals surface area contributed by atoms with Gasteiger partial charge in [-0.1, -0.05) is 16.8 Å². The predicted molar refractivity (Wildman–Crippen MR) is 132 cm³/mol. The van der Waals surface area contributed by atoms with Crippen LogP contribution in [0, 0.1) is 0 Å². The zero-order valence-corrected chi connectivity index (χ0v) is 21.7. The fourth-order valence-corrected chi connectivity index (χ4v) is 2.48. The summed E-state index contributed by atoms with van der Waals surface area (Å²) >= 11 is 5.90. The van der Waals surface area contributed by atoms with Crippen molar-refractivity contribution in [2.75, 3.05) is 13.6 Å². The van der Waals surface area contributed by atoms with E-state index in [1.54, 1.807) is 19.2 Å². The molecule has 0 aliphatic carbocycles. The highest BCUT2D eigenvalue weighted by atomic mass is 127. The molecule has 3 N–H and O–H groups in total. The van der Waals surface area contributed by atoms with Crippen LogP contribution in [0.3, 0.4) is 0 Å². The Morgan fingerprint density at radius 2 is 1.81 bits per heavy atom. The molecule has 9 nitrogen and oxygen atoms in total. The molecule has 0 fully saturated rings. The third-order valence-corrected chi connectivity index (χ3v) is 3.99. The first-order valence-corrected chi connectivity index (χ1v) is 9.89. The van der Waals surface area contributed by atoms with Crippen LogP contribution in [0.25, 0.3) is 11.4 Å². The number of benzene rings is 1. The van der Waals surface area contributed by atoms with Crippen LogP contribution in [-0.2, 0) is 11.3 Å². The van der Waals surface area contributed by atoms with Gasteiger partial charge in [0, 0.05) is 24.2 Å². The van der Waals surface area contributed by atoms with Gasteiger partial charge in [0.2, 0.25) is 11.7 Å². The van der Waals surface area contributed by atoms with E-state index >= 15 is 0 Å². The Morgan fingerprint density at radius 3 is 2.39 bits per heavy atom. The third-order valence-electron chi connectivity index (χ3n) is 3.74. The zero-order valence-electron chi connectivity index (χ0n) is 18.6. The van der Waals surface area contributed by atoms with E-state index in [0.717, 1.165) is 5.56 Å². The number of hydrogen-bond donors (Lipinski definition) is 3. The van der Waals surface area contributed by atoms with Crippen molar-refractivity contribution in [2.45, 2.75) is 52.3 Å². The van der Waals surface area contributed by atoms with Crippen molar-refractivity contribution in [3.8, 4) is 11.4 Å². The maximum Gasteiger partial charge on any atom is 0.408 e. The molecule has 172 valence electrons. The van der Waals surface area contributed by atoms with Gasteiger partial charge >= 0.3 is 6.09 Å². The number of rotatable bonds is 6. The van der Waals surface area contributed by atoms with Gasteiger partial charge in [-0.15, -0.1) is 24.0 Å². The molecule has 0 unspecified atom stereocenters. The van der Waals surface area contributed by atoms with Crippen LogP contribution in [0.4, 0.5) is 4.79 Å². The van der Waals surface area contributed by atoms with Crippen molar-refractivity contribution in [1.29, 1.82) is 0 Å². The molecule has 0 atom stereocenters. The molecule has 1 aromatic heterocycles. The van der Waals surface area contributed by atoms with Crippen LogP contribution >= 0.6 is 35.6 Å². The number of aromatic nitrogens is 2. The number of hydrogen-bond acceptors (Lipinski definition) is 6. The number of nitrogens with zero attached hydrogens (tertiary/aromatic N) is 3. The second-order valence-corrected chi connectivity index (χ2v) is 8.75. The van der Waals surface area contributed by atoms with E-state index in [2.05, 4.69) is 31.1 Å². The van der Waals surface area contributed by atoms with Crippen molar-refractivity contribution >= 4 is 47.6 Å². The second-order valence-electron chi connectivity index (χ2n) is 8.31. The van der Waals surface area contributed by atoms with Crippen LogP contribution in [0.2, 0.25) is 5.02 Å². The normalized spacial score (nSPS) is 12.0. The summed E-state index contributed by atoms with van der Waals surface area (Å²) in [7, 11) is 1.65. The minimum Gasteiger partial charge on any atom is -0.444 e. The van der Waals surface area contributed by atoms with E-state index in [4.69, 9.17) is 20.9 Å². The summed E-state index contributed by atoms with van der Waals surface area (Å²) in [5.74, 6) is 1.42. The molecule has 2 rings (SSSR count). The number of halogens is 2. The SMILES string of the molecule is CN=C(NCc1nc(-c2ccc(Cl)cc2)no1)NCC(C)(C)NC(=O)OC(C)(C)C.I. The summed E-state index contributed by atoms with van der Waals surface area (Å²) in [6.07, 6.45) is -0.474. The molecule has 0 radical (unpaired) electrons. The Morgan fingerprint density at radius 1 is 1.16 bits per heavy atom. The molecular formula is C20H30ClIN6O3. The van der Waals surface area contributed by atoms with E-state index in [1.165, 1.54) is 0 Å². The van der Waals surface area contributed by atoms with Crippen molar-refractivity contribution in [3.63, 3.8) is 0 Å². The minimum atomic E-state index is -0.563. The van der Waals surface area contributed by atoms with E-state index in [-0.39, 0.29) is 24.0 Å². The molecule has 2 aromatic rings. The van der Waals surface area contributed by atoms with Gasteiger partial charge in [0.05, 0.1) is 12.1 Å². The first-order chi connectivity index (χ1) is 14.0. The summed E-state index contributed by atoms with van der Waals surface area (Å²) in [5.41, 5.74) is -0.307. The average Bonchev–Trinajstić information content (AvgIpc) is 3.09. The highest BCUT2D eigenvalue weighted by Gasteiger charge is 2.24. The molecule has 0 aliphatic rings. The fourth-order valence-electron chi connectivity index (χ4n) is 2.35. The Labute approximate surface area is 204 Å². The number of carbonyl (C=O) groups is 1. The molecule has 11 heteroatoms. The lowest BCUT2D eigenvalue weighted by atomic mass is 10.1. The van der Waals surface area contributed by atoms with Crippen molar-refractivity contribution < 1.29 is 14.1 Å². The van der Waals surface area contributed by atoms with Gasteiger partial charge in [-0.05, 0) is 58.9 Å². The lowest BCUT2D eigenvalue weighted by molar-refractivity contribution is 0.0474. The number of guanidine groups is 1. The minimum absolute atomic E-state index is 0. The van der Waals surface area contributed by atoms with Gasteiger partial charge in [-0.25, -0.2) is 4.79 Å². The Balaban J connectivity index is 0.00000480. The van der Waals surface area contributed by atoms with E-state index in [1.807, 2.05) is 46.8 Å². The first-order valence-electron chi connectivity index (χ1n) is 9.52. The van der Waals surface area contributed by atoms with Gasteiger partial charge in [-0.2, -0.15) is 4.98 Å². The highest BCUT2D eigenvalue weighted by Crippen LogP contribution is 2.18. The summed E-state index contributed by atoms with van der Waals surface area (Å²) in [4.78, 5) is 20.5. The third kappa shape index (κ3) is 9.72. The molecule has 0 spiro atoms. The van der Waals surface area contributed by atoms with Crippen molar-refractivity contribution in [1.82, 2.24) is 26.1 Å². The van der Waals surface area contributed by atoms with Crippen LogP contribution < -0.4 is 16.0 Å². The molecular weight excluding hydrogens is 535 g/mol. The summed E-state index contributed by atoms with van der Waals surface area (Å²) in [5, 5.41) is 13.7. The molecule has 1 heterocycles. The van der Waals surface area contributed by atoms with Gasteiger partial charge in [-0.3, -0.25) is 4.99 Å². The van der Waals surface area contributed by atoms with Crippen LogP contribution in [0.5, 0.6) is 0 Å². The van der Waals surface area contributed by atoms with E-state index < -0.39 is 17.2 Å². The number of aliphatic imine (C=N–C) groups is 1. The molecule has 0 bridgehead atoms. The molecule has 0 aliphatic heterocycles. The lowest BCUT2D eigenvalue weighted by Crippen LogP contribution is -2.54. The Hall–Kier alpha value is -2.08. The number of alkyl carbamates (subject to hydrolysis) is 1. The maximum atomic E-state index is 12.0. The fraction of sp³-hybridized carbons (Fsp3) is 0.500. The number of ether oxygens (including phenoxy) is 1. The molecule has 1 amide bonds. The van der Waals surface area contributed by atoms with E-state index in [9.17, 15) is 4.79 Å². The average molecular weight is 565 g/mol. The van der Waals surface area contributed by atoms with Gasteiger partial charge in [0.25, 0.3) is 0 Å². The highest BCUT2D eigenvalue weighted by molar-refractivity contribution is 14.0. The zero-order chi connectivity index (χ0) is 22.4. The smallest absolute Gasteiger partial charge is 0.408 e. The molecule has 31 heavy (non-hydrogen) atoms. The number of carbonyl (C=O) groups excluding carboxylic acids is 1. The van der Waals surface area contributed by atoms with Crippen molar-refractivity contribution in [2.24, 2.45) is 4.99 Å². The summed E-state index contributed by atoms with van der Waals surface area (Å²) < 4.78 is 10.6. The summed E-state index contributed by atoms with van der Waals surface area (Å²) in [6, 6.07) is 7.18. The van der Waals surface area contributed by atoms with Gasteiger partial charge in [0.15, 0.2) is 5.96 Å². The number of nitrogens with one attached hydrogen (secondary N) is 3. The Kier molecular flexibility index (Phi) is 10.0. The Bertz CT molecular complexity index is 878. The van der Waals surface area contributed by atoms with Crippen molar-refractivity contribution in [3.05, 3.63) is 35.2 Å². The molecule has 0 saturated heterocycles. The standard InChI is InChI=1S/C20H29ClN6O3.HI/c1-19(2,3)29-18(28)26-20(4,5)12-24-17(22-6)23-11-15-25-16(27-30-15)13-7-9-14(21)10-8-13;/h7-10H,11-12H2,1-6H3,(H,26,28)(H2,22,23,24);1H.